The summed E-state index contributed by atoms with van der Waals surface area (Å²) in [5, 5.41) is 0. The largest absolute Gasteiger partial charge is 0.355 e. The van der Waals surface area contributed by atoms with Crippen LogP contribution in [0.2, 0.25) is 0 Å². The third-order valence-electron chi connectivity index (χ3n) is 2.28. The molecule has 2 N–H and O–H groups in total. The van der Waals surface area contributed by atoms with Crippen LogP contribution in [-0.2, 0) is 16.1 Å². The fourth-order valence-electron chi connectivity index (χ4n) is 1.36. The van der Waals surface area contributed by atoms with Gasteiger partial charge in [0.15, 0.2) is 5.75 Å². The summed E-state index contributed by atoms with van der Waals surface area (Å²) in [6.45, 7) is 2.60. The molecule has 1 aromatic carbocycles. The number of hydrogen-bond donors (Lipinski definition) is 1. The van der Waals surface area contributed by atoms with Crippen molar-refractivity contribution in [3.8, 4) is 5.75 Å². The van der Waals surface area contributed by atoms with Gasteiger partial charge in [0, 0.05) is 6.42 Å². The summed E-state index contributed by atoms with van der Waals surface area (Å²) >= 11 is 0. The van der Waals surface area contributed by atoms with Gasteiger partial charge in [0.1, 0.15) is 0 Å². The molecule has 0 spiro atoms. The lowest BCUT2D eigenvalue weighted by Crippen LogP contribution is -2.07. The molecule has 0 aliphatic heterocycles. The van der Waals surface area contributed by atoms with Crippen molar-refractivity contribution < 1.29 is 14.6 Å². The van der Waals surface area contributed by atoms with E-state index in [1.165, 1.54) is 5.56 Å². The third kappa shape index (κ3) is 6.47. The van der Waals surface area contributed by atoms with Crippen LogP contribution < -0.4 is 10.6 Å². The average Bonchev–Trinajstić information content (AvgIpc) is 2.35. The second kappa shape index (κ2) is 9.74. The van der Waals surface area contributed by atoms with E-state index >= 15 is 0 Å². The molecule has 0 unspecified atom stereocenters. The standard InChI is InChI=1S/C13H19NO3.ClH/c1-2-4-13(15)17-16-12-8-6-11(7-9-12)5-3-10-14;/h6-9H,2-5,10,14H2,1H3;1H. The van der Waals surface area contributed by atoms with Crippen LogP contribution in [0.25, 0.3) is 0 Å². The van der Waals surface area contributed by atoms with Crippen molar-refractivity contribution in [3.63, 3.8) is 0 Å². The van der Waals surface area contributed by atoms with Gasteiger partial charge in [0.05, 0.1) is 0 Å². The van der Waals surface area contributed by atoms with Gasteiger partial charge in [0.25, 0.3) is 0 Å². The van der Waals surface area contributed by atoms with Gasteiger partial charge in [-0.3, -0.25) is 9.78 Å². The Bertz CT molecular complexity index is 341. The van der Waals surface area contributed by atoms with Crippen LogP contribution in [-0.4, -0.2) is 12.5 Å². The van der Waals surface area contributed by atoms with E-state index in [0.29, 0.717) is 18.7 Å². The molecule has 5 heteroatoms. The van der Waals surface area contributed by atoms with Crippen molar-refractivity contribution in [1.82, 2.24) is 0 Å². The molecule has 0 bridgehead atoms. The topological polar surface area (TPSA) is 61.5 Å². The fraction of sp³-hybridized carbons (Fsp3) is 0.462. The summed E-state index contributed by atoms with van der Waals surface area (Å²) in [5.41, 5.74) is 6.63. The number of hydrogen-bond acceptors (Lipinski definition) is 4. The molecule has 0 atom stereocenters. The van der Waals surface area contributed by atoms with Gasteiger partial charge in [-0.2, -0.15) is 0 Å². The first-order valence-electron chi connectivity index (χ1n) is 5.92. The van der Waals surface area contributed by atoms with Gasteiger partial charge in [-0.15, -0.1) is 12.4 Å². The van der Waals surface area contributed by atoms with Crippen molar-refractivity contribution in [2.24, 2.45) is 5.73 Å². The Morgan fingerprint density at radius 2 is 1.94 bits per heavy atom. The Labute approximate surface area is 114 Å². The van der Waals surface area contributed by atoms with Gasteiger partial charge >= 0.3 is 5.97 Å². The first kappa shape index (κ1) is 16.7. The minimum Gasteiger partial charge on any atom is -0.330 e. The molecular formula is C13H20ClNO3. The summed E-state index contributed by atoms with van der Waals surface area (Å²) in [4.78, 5) is 20.6. The quantitative estimate of drug-likeness (QED) is 0.613. The molecule has 1 rings (SSSR count). The normalized spacial score (nSPS) is 9.44. The lowest BCUT2D eigenvalue weighted by Gasteiger charge is -2.05. The average molecular weight is 274 g/mol. The second-order valence-electron chi connectivity index (χ2n) is 3.82. The zero-order valence-electron chi connectivity index (χ0n) is 10.6. The minimum absolute atomic E-state index is 0. The van der Waals surface area contributed by atoms with E-state index in [0.717, 1.165) is 19.3 Å². The lowest BCUT2D eigenvalue weighted by molar-refractivity contribution is -0.213. The smallest absolute Gasteiger partial charge is 0.330 e. The maximum atomic E-state index is 11.1. The molecule has 0 aliphatic carbocycles. The fourth-order valence-corrected chi connectivity index (χ4v) is 1.36. The third-order valence-corrected chi connectivity index (χ3v) is 2.28. The van der Waals surface area contributed by atoms with Crippen LogP contribution in [0.1, 0.15) is 31.7 Å². The van der Waals surface area contributed by atoms with Gasteiger partial charge in [-0.05, 0) is 43.5 Å². The van der Waals surface area contributed by atoms with Crippen LogP contribution in [0.4, 0.5) is 0 Å². The van der Waals surface area contributed by atoms with E-state index in [1.807, 2.05) is 19.1 Å². The molecule has 4 nitrogen and oxygen atoms in total. The van der Waals surface area contributed by atoms with Gasteiger partial charge in [-0.25, -0.2) is 4.79 Å². The molecule has 0 heterocycles. The van der Waals surface area contributed by atoms with Crippen LogP contribution in [0, 0.1) is 0 Å². The number of rotatable bonds is 7. The van der Waals surface area contributed by atoms with Gasteiger partial charge in [0.2, 0.25) is 0 Å². The first-order valence-corrected chi connectivity index (χ1v) is 5.92. The molecule has 0 aromatic heterocycles. The Morgan fingerprint density at radius 3 is 2.50 bits per heavy atom. The lowest BCUT2D eigenvalue weighted by atomic mass is 10.1. The molecule has 0 aliphatic rings. The Kier molecular flexibility index (Phi) is 9.06. The maximum absolute atomic E-state index is 11.1. The van der Waals surface area contributed by atoms with Gasteiger partial charge in [-0.1, -0.05) is 19.1 Å². The summed E-state index contributed by atoms with van der Waals surface area (Å²) in [6, 6.07) is 7.45. The monoisotopic (exact) mass is 273 g/mol. The van der Waals surface area contributed by atoms with E-state index in [1.54, 1.807) is 12.1 Å². The highest BCUT2D eigenvalue weighted by Gasteiger charge is 2.03. The highest BCUT2D eigenvalue weighted by molar-refractivity contribution is 5.85. The SMILES string of the molecule is CCCC(=O)OOc1ccc(CCCN)cc1.Cl. The van der Waals surface area contributed by atoms with E-state index in [-0.39, 0.29) is 18.4 Å². The molecule has 0 radical (unpaired) electrons. The van der Waals surface area contributed by atoms with Crippen LogP contribution in [0.15, 0.2) is 24.3 Å². The Morgan fingerprint density at radius 1 is 1.28 bits per heavy atom. The van der Waals surface area contributed by atoms with Crippen molar-refractivity contribution in [1.29, 1.82) is 0 Å². The number of carbonyl (C=O) groups excluding carboxylic acids is 1. The molecular weight excluding hydrogens is 254 g/mol. The highest BCUT2D eigenvalue weighted by Crippen LogP contribution is 2.13. The van der Waals surface area contributed by atoms with Crippen molar-refractivity contribution in [2.45, 2.75) is 32.6 Å². The summed E-state index contributed by atoms with van der Waals surface area (Å²) in [7, 11) is 0. The summed E-state index contributed by atoms with van der Waals surface area (Å²) in [6.07, 6.45) is 3.03. The van der Waals surface area contributed by atoms with Crippen molar-refractivity contribution in [2.75, 3.05) is 6.54 Å². The first-order chi connectivity index (χ1) is 8.26. The van der Waals surface area contributed by atoms with Gasteiger partial charge < -0.3 is 5.73 Å². The molecule has 1 aromatic rings. The zero-order valence-corrected chi connectivity index (χ0v) is 11.4. The number of aryl methyl sites for hydroxylation is 1. The number of carbonyl (C=O) groups is 1. The highest BCUT2D eigenvalue weighted by atomic mass is 35.5. The van der Waals surface area contributed by atoms with Crippen LogP contribution in [0.5, 0.6) is 5.75 Å². The number of nitrogens with two attached hydrogens (primary N) is 1. The molecule has 0 fully saturated rings. The molecule has 0 amide bonds. The van der Waals surface area contributed by atoms with E-state index in [2.05, 4.69) is 4.89 Å². The number of benzene rings is 1. The van der Waals surface area contributed by atoms with E-state index in [4.69, 9.17) is 10.6 Å². The molecule has 102 valence electrons. The Hall–Kier alpha value is -1.26. The van der Waals surface area contributed by atoms with E-state index in [9.17, 15) is 4.79 Å². The molecule has 0 saturated carbocycles. The van der Waals surface area contributed by atoms with Crippen molar-refractivity contribution in [3.05, 3.63) is 29.8 Å². The maximum Gasteiger partial charge on any atom is 0.355 e. The predicted octanol–water partition coefficient (Wildman–Crippen LogP) is 2.64. The zero-order chi connectivity index (χ0) is 12.5. The Balaban J connectivity index is 0.00000289. The predicted molar refractivity (Wildman–Crippen MR) is 72.7 cm³/mol. The van der Waals surface area contributed by atoms with E-state index < -0.39 is 0 Å². The van der Waals surface area contributed by atoms with Crippen LogP contribution in [0.3, 0.4) is 0 Å². The second-order valence-corrected chi connectivity index (χ2v) is 3.82. The minimum atomic E-state index is -0.347. The van der Waals surface area contributed by atoms with Crippen molar-refractivity contribution >= 4 is 18.4 Å². The molecule has 0 saturated heterocycles. The summed E-state index contributed by atoms with van der Waals surface area (Å²) < 4.78 is 0. The summed E-state index contributed by atoms with van der Waals surface area (Å²) in [5.74, 6) is 0.186. The number of halogens is 1. The van der Waals surface area contributed by atoms with Crippen LogP contribution >= 0.6 is 12.4 Å². The molecule has 18 heavy (non-hydrogen) atoms.